The molecule has 1 fully saturated rings. The van der Waals surface area contributed by atoms with E-state index in [4.69, 9.17) is 14.2 Å². The van der Waals surface area contributed by atoms with Crippen LogP contribution in [0.25, 0.3) is 0 Å². The summed E-state index contributed by atoms with van der Waals surface area (Å²) in [6.07, 6.45) is 0. The smallest absolute Gasteiger partial charge is 0.262 e. The van der Waals surface area contributed by atoms with Crippen molar-refractivity contribution in [3.63, 3.8) is 0 Å². The molecule has 1 saturated heterocycles. The Bertz CT molecular complexity index is 746. The summed E-state index contributed by atoms with van der Waals surface area (Å²) in [6.45, 7) is -0.0886. The molecule has 1 amide bonds. The molecular formula is C19H21NO4S2. The summed E-state index contributed by atoms with van der Waals surface area (Å²) in [7, 11) is 3.21. The van der Waals surface area contributed by atoms with Crippen molar-refractivity contribution in [3.8, 4) is 17.2 Å². The van der Waals surface area contributed by atoms with Gasteiger partial charge in [0.25, 0.3) is 5.91 Å². The number of methoxy groups -OCH3 is 2. The highest BCUT2D eigenvalue weighted by atomic mass is 32.2. The summed E-state index contributed by atoms with van der Waals surface area (Å²) < 4.78 is 16.6. The highest BCUT2D eigenvalue weighted by Gasteiger charge is 2.20. The molecule has 5 nitrogen and oxygen atoms in total. The molecule has 0 atom stereocenters. The third kappa shape index (κ3) is 4.80. The number of carbonyl (C=O) groups excluding carboxylic acids is 1. The van der Waals surface area contributed by atoms with E-state index in [0.717, 1.165) is 5.75 Å². The maximum Gasteiger partial charge on any atom is 0.262 e. The molecule has 0 saturated carbocycles. The van der Waals surface area contributed by atoms with Crippen LogP contribution in [0.1, 0.15) is 10.1 Å². The highest BCUT2D eigenvalue weighted by Crippen LogP contribution is 2.46. The molecule has 1 aliphatic rings. The van der Waals surface area contributed by atoms with Gasteiger partial charge in [-0.05, 0) is 42.0 Å². The van der Waals surface area contributed by atoms with E-state index in [1.165, 1.54) is 17.1 Å². The average molecular weight is 392 g/mol. The number of thioether (sulfide) groups is 2. The van der Waals surface area contributed by atoms with Gasteiger partial charge < -0.3 is 19.5 Å². The molecule has 138 valence electrons. The zero-order valence-electron chi connectivity index (χ0n) is 14.7. The molecular weight excluding hydrogens is 370 g/mol. The van der Waals surface area contributed by atoms with Crippen LogP contribution in [-0.2, 0) is 4.79 Å². The van der Waals surface area contributed by atoms with Crippen LogP contribution in [0.3, 0.4) is 0 Å². The van der Waals surface area contributed by atoms with E-state index in [1.54, 1.807) is 38.5 Å². The van der Waals surface area contributed by atoms with Crippen LogP contribution in [0.4, 0.5) is 5.69 Å². The van der Waals surface area contributed by atoms with E-state index >= 15 is 0 Å². The summed E-state index contributed by atoms with van der Waals surface area (Å²) in [6, 6.07) is 13.0. The standard InChI is InChI=1S/C19H21NO4S2/c1-22-15-6-4-14(5-7-15)20-18(21)12-24-16-8-3-13(11-17(16)23-2)19-25-9-10-26-19/h3-8,11,19H,9-10,12H2,1-2H3,(H,20,21). The van der Waals surface area contributed by atoms with Gasteiger partial charge in [0.15, 0.2) is 18.1 Å². The summed E-state index contributed by atoms with van der Waals surface area (Å²) in [5, 5.41) is 2.79. The summed E-state index contributed by atoms with van der Waals surface area (Å²) in [4.78, 5) is 12.1. The Labute approximate surface area is 161 Å². The van der Waals surface area contributed by atoms with E-state index in [1.807, 2.05) is 41.7 Å². The highest BCUT2D eigenvalue weighted by molar-refractivity contribution is 8.19. The van der Waals surface area contributed by atoms with Gasteiger partial charge in [-0.25, -0.2) is 0 Å². The molecule has 26 heavy (non-hydrogen) atoms. The first-order chi connectivity index (χ1) is 12.7. The second-order valence-electron chi connectivity index (χ2n) is 5.55. The van der Waals surface area contributed by atoms with Crippen LogP contribution in [-0.4, -0.2) is 38.2 Å². The van der Waals surface area contributed by atoms with Gasteiger partial charge in [0.05, 0.1) is 18.8 Å². The molecule has 1 N–H and O–H groups in total. The number of amides is 1. The van der Waals surface area contributed by atoms with Gasteiger partial charge in [-0.1, -0.05) is 6.07 Å². The van der Waals surface area contributed by atoms with Crippen molar-refractivity contribution in [3.05, 3.63) is 48.0 Å². The zero-order chi connectivity index (χ0) is 18.4. The fraction of sp³-hybridized carbons (Fsp3) is 0.316. The molecule has 0 unspecified atom stereocenters. The number of ether oxygens (including phenoxy) is 3. The topological polar surface area (TPSA) is 56.8 Å². The molecule has 0 spiro atoms. The second-order valence-corrected chi connectivity index (χ2v) is 8.27. The third-order valence-corrected chi connectivity index (χ3v) is 6.92. The Hall–Kier alpha value is -1.99. The number of nitrogens with one attached hydrogen (secondary N) is 1. The van der Waals surface area contributed by atoms with E-state index in [2.05, 4.69) is 5.32 Å². The first kappa shape index (κ1) is 18.8. The third-order valence-electron chi connectivity index (χ3n) is 3.81. The van der Waals surface area contributed by atoms with Gasteiger partial charge in [-0.15, -0.1) is 23.5 Å². The lowest BCUT2D eigenvalue weighted by Gasteiger charge is -2.14. The van der Waals surface area contributed by atoms with E-state index < -0.39 is 0 Å². The SMILES string of the molecule is COc1ccc(NC(=O)COc2ccc(C3SCCS3)cc2OC)cc1. The molecule has 0 aliphatic carbocycles. The lowest BCUT2D eigenvalue weighted by molar-refractivity contribution is -0.118. The van der Waals surface area contributed by atoms with Crippen molar-refractivity contribution in [2.45, 2.75) is 4.58 Å². The summed E-state index contributed by atoms with van der Waals surface area (Å²) >= 11 is 3.87. The van der Waals surface area contributed by atoms with Crippen LogP contribution in [0.5, 0.6) is 17.2 Å². The second kappa shape index (κ2) is 9.09. The van der Waals surface area contributed by atoms with Crippen molar-refractivity contribution in [2.24, 2.45) is 0 Å². The van der Waals surface area contributed by atoms with Crippen LogP contribution in [0, 0.1) is 0 Å². The molecule has 1 heterocycles. The lowest BCUT2D eigenvalue weighted by Crippen LogP contribution is -2.20. The van der Waals surface area contributed by atoms with Gasteiger partial charge in [-0.2, -0.15) is 0 Å². The van der Waals surface area contributed by atoms with E-state index in [0.29, 0.717) is 21.8 Å². The molecule has 0 aromatic heterocycles. The van der Waals surface area contributed by atoms with Crippen molar-refractivity contribution >= 4 is 35.1 Å². The molecule has 0 radical (unpaired) electrons. The molecule has 3 rings (SSSR count). The lowest BCUT2D eigenvalue weighted by atomic mass is 10.2. The van der Waals surface area contributed by atoms with E-state index in [9.17, 15) is 4.79 Å². The predicted octanol–water partition coefficient (Wildman–Crippen LogP) is 4.20. The van der Waals surface area contributed by atoms with E-state index in [-0.39, 0.29) is 12.5 Å². The summed E-state index contributed by atoms with van der Waals surface area (Å²) in [5.74, 6) is 4.05. The number of anilines is 1. The molecule has 0 bridgehead atoms. The van der Waals surface area contributed by atoms with Gasteiger partial charge in [-0.3, -0.25) is 4.79 Å². The number of benzene rings is 2. The Morgan fingerprint density at radius 1 is 1.04 bits per heavy atom. The largest absolute Gasteiger partial charge is 0.497 e. The average Bonchev–Trinajstić information content (AvgIpc) is 3.21. The van der Waals surface area contributed by atoms with Gasteiger partial charge in [0.1, 0.15) is 5.75 Å². The van der Waals surface area contributed by atoms with Crippen LogP contribution in [0.2, 0.25) is 0 Å². The first-order valence-corrected chi connectivity index (χ1v) is 10.3. The fourth-order valence-electron chi connectivity index (χ4n) is 2.52. The van der Waals surface area contributed by atoms with Crippen LogP contribution >= 0.6 is 23.5 Å². The monoisotopic (exact) mass is 391 g/mol. The maximum absolute atomic E-state index is 12.1. The number of hydrogen-bond acceptors (Lipinski definition) is 6. The van der Waals surface area contributed by atoms with Gasteiger partial charge >= 0.3 is 0 Å². The quantitative estimate of drug-likeness (QED) is 0.763. The maximum atomic E-state index is 12.1. The van der Waals surface area contributed by atoms with Crippen molar-refractivity contribution in [1.82, 2.24) is 0 Å². The minimum Gasteiger partial charge on any atom is -0.497 e. The minimum atomic E-state index is -0.233. The molecule has 7 heteroatoms. The Morgan fingerprint density at radius 3 is 2.42 bits per heavy atom. The Kier molecular flexibility index (Phi) is 6.57. The normalized spacial score (nSPS) is 14.1. The Morgan fingerprint density at radius 2 is 1.77 bits per heavy atom. The molecule has 1 aliphatic heterocycles. The fourth-order valence-corrected chi connectivity index (χ4v) is 5.35. The summed E-state index contributed by atoms with van der Waals surface area (Å²) in [5.41, 5.74) is 1.90. The van der Waals surface area contributed by atoms with Gasteiger partial charge in [0, 0.05) is 17.2 Å². The molecule has 2 aromatic carbocycles. The number of hydrogen-bond donors (Lipinski definition) is 1. The minimum absolute atomic E-state index is 0.0886. The van der Waals surface area contributed by atoms with Crippen LogP contribution in [0.15, 0.2) is 42.5 Å². The van der Waals surface area contributed by atoms with Crippen molar-refractivity contribution in [1.29, 1.82) is 0 Å². The number of carbonyl (C=O) groups is 1. The first-order valence-electron chi connectivity index (χ1n) is 8.17. The zero-order valence-corrected chi connectivity index (χ0v) is 16.3. The van der Waals surface area contributed by atoms with Crippen molar-refractivity contribution < 1.29 is 19.0 Å². The van der Waals surface area contributed by atoms with Crippen LogP contribution < -0.4 is 19.5 Å². The molecule has 2 aromatic rings. The van der Waals surface area contributed by atoms with Gasteiger partial charge in [0.2, 0.25) is 0 Å². The van der Waals surface area contributed by atoms with Crippen molar-refractivity contribution in [2.75, 3.05) is 37.6 Å². The predicted molar refractivity (Wildman–Crippen MR) is 108 cm³/mol. The Balaban J connectivity index is 1.58. The number of rotatable bonds is 7.